The molecule has 1 nitrogen and oxygen atoms in total. The van der Waals surface area contributed by atoms with Crippen LogP contribution in [0.3, 0.4) is 0 Å². The molecule has 12 heavy (non-hydrogen) atoms. The van der Waals surface area contributed by atoms with Gasteiger partial charge in [-0.2, -0.15) is 5.26 Å². The monoisotopic (exact) mass is 183 g/mol. The third-order valence-corrected chi connectivity index (χ3v) is 4.65. The van der Waals surface area contributed by atoms with Gasteiger partial charge in [0, 0.05) is 0 Å². The Morgan fingerprint density at radius 2 is 2.33 bits per heavy atom. The van der Waals surface area contributed by atoms with Gasteiger partial charge in [0.05, 0.1) is 6.07 Å². The van der Waals surface area contributed by atoms with Crippen LogP contribution in [0.15, 0.2) is 0 Å². The largest absolute Gasteiger partial charge is 0.197 e. The van der Waals surface area contributed by atoms with Crippen LogP contribution >= 0.6 is 11.8 Å². The van der Waals surface area contributed by atoms with Crippen LogP contribution in [0.25, 0.3) is 0 Å². The Balaban J connectivity index is 2.42. The second kappa shape index (κ2) is 3.70. The Morgan fingerprint density at radius 3 is 2.58 bits per heavy atom. The highest BCUT2D eigenvalue weighted by atomic mass is 32.2. The first-order valence-electron chi connectivity index (χ1n) is 4.66. The average Bonchev–Trinajstić information content (AvgIpc) is 2.03. The highest BCUT2D eigenvalue weighted by molar-refractivity contribution is 8.01. The van der Waals surface area contributed by atoms with Crippen molar-refractivity contribution >= 4 is 11.8 Å². The molecule has 0 heterocycles. The highest BCUT2D eigenvalue weighted by Gasteiger charge is 2.44. The maximum atomic E-state index is 9.05. The lowest BCUT2D eigenvalue weighted by molar-refractivity contribution is 0.296. The molecule has 0 aliphatic heterocycles. The van der Waals surface area contributed by atoms with Crippen LogP contribution in [0, 0.1) is 23.2 Å². The molecule has 0 aromatic carbocycles. The normalized spacial score (nSPS) is 34.4. The van der Waals surface area contributed by atoms with Crippen LogP contribution in [-0.4, -0.2) is 10.5 Å². The summed E-state index contributed by atoms with van der Waals surface area (Å²) in [5, 5.41) is 9.05. The van der Waals surface area contributed by atoms with Crippen LogP contribution in [0.1, 0.15) is 33.6 Å². The molecule has 0 saturated heterocycles. The predicted octanol–water partition coefficient (Wildman–Crippen LogP) is 3.07. The number of thioether (sulfide) groups is 1. The van der Waals surface area contributed by atoms with E-state index >= 15 is 0 Å². The molecule has 1 aliphatic carbocycles. The summed E-state index contributed by atoms with van der Waals surface area (Å²) < 4.78 is -0.0235. The molecule has 2 heteroatoms. The van der Waals surface area contributed by atoms with Crippen LogP contribution in [0.2, 0.25) is 0 Å². The van der Waals surface area contributed by atoms with Crippen LogP contribution in [0.4, 0.5) is 0 Å². The third-order valence-electron chi connectivity index (χ3n) is 2.61. The van der Waals surface area contributed by atoms with Gasteiger partial charge in [-0.25, -0.2) is 0 Å². The molecule has 0 radical (unpaired) electrons. The molecule has 0 N–H and O–H groups in total. The summed E-state index contributed by atoms with van der Waals surface area (Å²) in [5.41, 5.74) is 0. The fraction of sp³-hybridized carbons (Fsp3) is 0.900. The van der Waals surface area contributed by atoms with Gasteiger partial charge in [-0.05, 0) is 30.4 Å². The molecule has 2 unspecified atom stereocenters. The lowest BCUT2D eigenvalue weighted by Gasteiger charge is -2.42. The molecule has 68 valence electrons. The molecule has 1 fully saturated rings. The molecule has 0 aromatic heterocycles. The number of hydrogen-bond acceptors (Lipinski definition) is 2. The van der Waals surface area contributed by atoms with Gasteiger partial charge in [0.2, 0.25) is 0 Å². The molecule has 1 rings (SSSR count). The Bertz CT molecular complexity index is 195. The van der Waals surface area contributed by atoms with Crippen molar-refractivity contribution in [2.24, 2.45) is 11.8 Å². The van der Waals surface area contributed by atoms with Crippen LogP contribution < -0.4 is 0 Å². The third kappa shape index (κ3) is 1.77. The fourth-order valence-corrected chi connectivity index (χ4v) is 2.78. The van der Waals surface area contributed by atoms with Gasteiger partial charge < -0.3 is 0 Å². The van der Waals surface area contributed by atoms with E-state index in [1.807, 2.05) is 11.8 Å². The minimum atomic E-state index is -0.0235. The Morgan fingerprint density at radius 1 is 1.67 bits per heavy atom. The van der Waals surface area contributed by atoms with Crippen molar-refractivity contribution in [2.45, 2.75) is 38.4 Å². The molecular weight excluding hydrogens is 166 g/mol. The lowest BCUT2D eigenvalue weighted by atomic mass is 9.75. The van der Waals surface area contributed by atoms with Crippen molar-refractivity contribution in [1.82, 2.24) is 0 Å². The summed E-state index contributed by atoms with van der Waals surface area (Å²) in [7, 11) is 0. The molecule has 0 spiro atoms. The van der Waals surface area contributed by atoms with Gasteiger partial charge >= 0.3 is 0 Å². The first-order valence-corrected chi connectivity index (χ1v) is 5.64. The van der Waals surface area contributed by atoms with Gasteiger partial charge in [0.1, 0.15) is 4.75 Å². The van der Waals surface area contributed by atoms with Crippen molar-refractivity contribution in [3.8, 4) is 6.07 Å². The van der Waals surface area contributed by atoms with E-state index in [9.17, 15) is 0 Å². The number of nitriles is 1. The molecule has 0 amide bonds. The zero-order valence-electron chi connectivity index (χ0n) is 8.13. The summed E-state index contributed by atoms with van der Waals surface area (Å²) in [4.78, 5) is 0. The topological polar surface area (TPSA) is 23.8 Å². The zero-order chi connectivity index (χ0) is 9.19. The summed E-state index contributed by atoms with van der Waals surface area (Å²) >= 11 is 1.87. The fourth-order valence-electron chi connectivity index (χ4n) is 1.42. The Hall–Kier alpha value is -0.160. The first kappa shape index (κ1) is 9.92. The second-order valence-electron chi connectivity index (χ2n) is 4.15. The smallest absolute Gasteiger partial charge is 0.105 e. The molecule has 1 saturated carbocycles. The van der Waals surface area contributed by atoms with E-state index in [4.69, 9.17) is 5.26 Å². The van der Waals surface area contributed by atoms with E-state index in [-0.39, 0.29) is 4.75 Å². The molecule has 0 aromatic rings. The maximum absolute atomic E-state index is 9.05. The van der Waals surface area contributed by atoms with Gasteiger partial charge in [0.15, 0.2) is 0 Å². The van der Waals surface area contributed by atoms with E-state index in [1.165, 1.54) is 6.42 Å². The van der Waals surface area contributed by atoms with E-state index in [0.29, 0.717) is 11.8 Å². The summed E-state index contributed by atoms with van der Waals surface area (Å²) in [6, 6.07) is 2.48. The minimum absolute atomic E-state index is 0.0235. The number of nitrogens with zero attached hydrogens (tertiary/aromatic N) is 1. The average molecular weight is 183 g/mol. The van der Waals surface area contributed by atoms with E-state index < -0.39 is 0 Å². The summed E-state index contributed by atoms with van der Waals surface area (Å²) in [6.45, 7) is 6.61. The quantitative estimate of drug-likeness (QED) is 0.671. The highest BCUT2D eigenvalue weighted by Crippen LogP contribution is 2.48. The molecule has 1 aliphatic rings. The summed E-state index contributed by atoms with van der Waals surface area (Å²) in [6.07, 6.45) is 2.33. The Kier molecular flexibility index (Phi) is 3.06. The van der Waals surface area contributed by atoms with E-state index in [1.54, 1.807) is 0 Å². The van der Waals surface area contributed by atoms with Crippen LogP contribution in [0.5, 0.6) is 0 Å². The SMILES string of the molecule is CC(C)CSC1(C#N)CCC1C. The second-order valence-corrected chi connectivity index (χ2v) is 5.50. The molecule has 2 atom stereocenters. The van der Waals surface area contributed by atoms with Crippen molar-refractivity contribution in [3.63, 3.8) is 0 Å². The molecule has 0 bridgehead atoms. The number of rotatable bonds is 3. The van der Waals surface area contributed by atoms with Gasteiger partial charge in [-0.1, -0.05) is 20.8 Å². The predicted molar refractivity (Wildman–Crippen MR) is 54.0 cm³/mol. The minimum Gasteiger partial charge on any atom is -0.197 e. The van der Waals surface area contributed by atoms with Crippen LogP contribution in [-0.2, 0) is 0 Å². The molecular formula is C10H17NS. The van der Waals surface area contributed by atoms with Gasteiger partial charge in [-0.3, -0.25) is 0 Å². The Labute approximate surface area is 79.5 Å². The van der Waals surface area contributed by atoms with Gasteiger partial charge in [-0.15, -0.1) is 11.8 Å². The summed E-state index contributed by atoms with van der Waals surface area (Å²) in [5.74, 6) is 2.43. The standard InChI is InChI=1S/C10H17NS/c1-8(2)6-12-10(7-11)5-4-9(10)3/h8-9H,4-6H2,1-3H3. The van der Waals surface area contributed by atoms with Crippen molar-refractivity contribution in [1.29, 1.82) is 5.26 Å². The van der Waals surface area contributed by atoms with Crippen molar-refractivity contribution in [2.75, 3.05) is 5.75 Å². The maximum Gasteiger partial charge on any atom is 0.105 e. The van der Waals surface area contributed by atoms with Gasteiger partial charge in [0.25, 0.3) is 0 Å². The first-order chi connectivity index (χ1) is 5.60. The zero-order valence-corrected chi connectivity index (χ0v) is 8.95. The van der Waals surface area contributed by atoms with Crippen molar-refractivity contribution < 1.29 is 0 Å². The van der Waals surface area contributed by atoms with E-state index in [0.717, 1.165) is 12.2 Å². The van der Waals surface area contributed by atoms with E-state index in [2.05, 4.69) is 26.8 Å². The number of hydrogen-bond donors (Lipinski definition) is 0. The van der Waals surface area contributed by atoms with Crippen molar-refractivity contribution in [3.05, 3.63) is 0 Å². The lowest BCUT2D eigenvalue weighted by Crippen LogP contribution is -2.41.